The zero-order valence-corrected chi connectivity index (χ0v) is 19.4. The number of ether oxygens (including phenoxy) is 1. The highest BCUT2D eigenvalue weighted by molar-refractivity contribution is 14.0. The van der Waals surface area contributed by atoms with Crippen molar-refractivity contribution in [3.8, 4) is 5.75 Å². The summed E-state index contributed by atoms with van der Waals surface area (Å²) in [5.41, 5.74) is 1.03. The van der Waals surface area contributed by atoms with E-state index in [2.05, 4.69) is 20.6 Å². The Morgan fingerprint density at radius 3 is 2.59 bits per heavy atom. The van der Waals surface area contributed by atoms with E-state index in [1.54, 1.807) is 29.5 Å². The molecule has 1 unspecified atom stereocenters. The molecule has 2 N–H and O–H groups in total. The summed E-state index contributed by atoms with van der Waals surface area (Å²) >= 11 is 1.67. The Hall–Kier alpha value is -1.42. The van der Waals surface area contributed by atoms with Crippen LogP contribution in [0.3, 0.4) is 0 Å². The zero-order chi connectivity index (χ0) is 18.9. The fourth-order valence-electron chi connectivity index (χ4n) is 2.41. The SMILES string of the molecule is CCNC(=NCc1sc(C)nc1C)NCC(CC)Oc1ccccc1F.I. The number of rotatable bonds is 8. The normalized spacial score (nSPS) is 12.3. The third-order valence-electron chi connectivity index (χ3n) is 3.81. The number of thiazole rings is 1. The van der Waals surface area contributed by atoms with Crippen molar-refractivity contribution in [2.24, 2.45) is 4.99 Å². The number of nitrogens with one attached hydrogen (secondary N) is 2. The van der Waals surface area contributed by atoms with E-state index in [0.29, 0.717) is 19.0 Å². The van der Waals surface area contributed by atoms with E-state index in [4.69, 9.17) is 4.74 Å². The maximum atomic E-state index is 13.8. The molecule has 0 radical (unpaired) electrons. The van der Waals surface area contributed by atoms with Crippen molar-refractivity contribution >= 4 is 41.3 Å². The number of benzene rings is 1. The molecule has 0 saturated heterocycles. The van der Waals surface area contributed by atoms with Gasteiger partial charge in [-0.15, -0.1) is 35.3 Å². The second kappa shape index (κ2) is 12.1. The molecule has 1 heterocycles. The van der Waals surface area contributed by atoms with Gasteiger partial charge in [0.15, 0.2) is 17.5 Å². The molecule has 2 rings (SSSR count). The van der Waals surface area contributed by atoms with Gasteiger partial charge < -0.3 is 15.4 Å². The molecule has 8 heteroatoms. The fourth-order valence-corrected chi connectivity index (χ4v) is 3.27. The van der Waals surface area contributed by atoms with Crippen molar-refractivity contribution in [1.29, 1.82) is 0 Å². The van der Waals surface area contributed by atoms with E-state index in [9.17, 15) is 4.39 Å². The van der Waals surface area contributed by atoms with Crippen LogP contribution in [-0.2, 0) is 6.54 Å². The third kappa shape index (κ3) is 7.61. The Kier molecular flexibility index (Phi) is 10.6. The molecule has 1 aromatic carbocycles. The van der Waals surface area contributed by atoms with Gasteiger partial charge in [-0.3, -0.25) is 0 Å². The van der Waals surface area contributed by atoms with Crippen LogP contribution in [0, 0.1) is 19.7 Å². The molecular weight excluding hydrogens is 478 g/mol. The second-order valence-electron chi connectivity index (χ2n) is 5.90. The molecule has 0 fully saturated rings. The Morgan fingerprint density at radius 1 is 1.26 bits per heavy atom. The van der Waals surface area contributed by atoms with Crippen LogP contribution in [0.4, 0.5) is 4.39 Å². The third-order valence-corrected chi connectivity index (χ3v) is 4.87. The summed E-state index contributed by atoms with van der Waals surface area (Å²) in [5.74, 6) is 0.648. The highest BCUT2D eigenvalue weighted by atomic mass is 127. The Balaban J connectivity index is 0.00000364. The first-order valence-electron chi connectivity index (χ1n) is 8.89. The van der Waals surface area contributed by atoms with Crippen LogP contribution in [0.5, 0.6) is 5.75 Å². The van der Waals surface area contributed by atoms with Gasteiger partial charge in [-0.05, 0) is 39.3 Å². The molecule has 2 aromatic rings. The topological polar surface area (TPSA) is 58.5 Å². The van der Waals surface area contributed by atoms with E-state index < -0.39 is 0 Å². The average Bonchev–Trinajstić information content (AvgIpc) is 2.95. The number of aliphatic imine (C=N–C) groups is 1. The van der Waals surface area contributed by atoms with Gasteiger partial charge in [-0.2, -0.15) is 0 Å². The molecule has 1 atom stereocenters. The minimum absolute atomic E-state index is 0. The standard InChI is InChI=1S/C19H27FN4OS.HI/c1-5-15(25-17-10-8-7-9-16(17)20)11-22-19(21-6-2)23-12-18-13(3)24-14(4)26-18;/h7-10,15H,5-6,11-12H2,1-4H3,(H2,21,22,23);1H. The number of hydrogen-bond acceptors (Lipinski definition) is 4. The van der Waals surface area contributed by atoms with Gasteiger partial charge >= 0.3 is 0 Å². The van der Waals surface area contributed by atoms with Gasteiger partial charge in [0.25, 0.3) is 0 Å². The smallest absolute Gasteiger partial charge is 0.191 e. The first-order valence-corrected chi connectivity index (χ1v) is 9.71. The van der Waals surface area contributed by atoms with E-state index >= 15 is 0 Å². The van der Waals surface area contributed by atoms with E-state index in [1.165, 1.54) is 6.07 Å². The summed E-state index contributed by atoms with van der Waals surface area (Å²) in [4.78, 5) is 10.2. The molecule has 0 amide bonds. The molecule has 0 aliphatic heterocycles. The largest absolute Gasteiger partial charge is 0.486 e. The van der Waals surface area contributed by atoms with Crippen molar-refractivity contribution in [2.75, 3.05) is 13.1 Å². The van der Waals surface area contributed by atoms with Crippen molar-refractivity contribution in [2.45, 2.75) is 46.8 Å². The molecule has 27 heavy (non-hydrogen) atoms. The predicted octanol–water partition coefficient (Wildman–Crippen LogP) is 4.43. The lowest BCUT2D eigenvalue weighted by Crippen LogP contribution is -2.42. The molecular formula is C19H28FIN4OS. The van der Waals surface area contributed by atoms with Crippen LogP contribution in [-0.4, -0.2) is 30.1 Å². The maximum Gasteiger partial charge on any atom is 0.191 e. The molecule has 0 aliphatic carbocycles. The quantitative estimate of drug-likeness (QED) is 0.316. The van der Waals surface area contributed by atoms with E-state index in [0.717, 1.165) is 28.5 Å². The summed E-state index contributed by atoms with van der Waals surface area (Å²) < 4.78 is 19.5. The molecule has 0 bridgehead atoms. The fraction of sp³-hybridized carbons (Fsp3) is 0.474. The molecule has 150 valence electrons. The van der Waals surface area contributed by atoms with Gasteiger partial charge in [-0.1, -0.05) is 19.1 Å². The van der Waals surface area contributed by atoms with Crippen LogP contribution in [0.2, 0.25) is 0 Å². The second-order valence-corrected chi connectivity index (χ2v) is 7.18. The highest BCUT2D eigenvalue weighted by Crippen LogP contribution is 2.18. The molecule has 0 saturated carbocycles. The van der Waals surface area contributed by atoms with Crippen molar-refractivity contribution in [1.82, 2.24) is 15.6 Å². The minimum atomic E-state index is -0.345. The average molecular weight is 506 g/mol. The minimum Gasteiger partial charge on any atom is -0.486 e. The predicted molar refractivity (Wildman–Crippen MR) is 121 cm³/mol. The lowest BCUT2D eigenvalue weighted by Gasteiger charge is -2.20. The van der Waals surface area contributed by atoms with Crippen LogP contribution in [0.1, 0.15) is 35.8 Å². The van der Waals surface area contributed by atoms with E-state index in [1.807, 2.05) is 27.7 Å². The van der Waals surface area contributed by atoms with E-state index in [-0.39, 0.29) is 41.6 Å². The first kappa shape index (κ1) is 23.6. The summed E-state index contributed by atoms with van der Waals surface area (Å²) in [6, 6.07) is 6.47. The summed E-state index contributed by atoms with van der Waals surface area (Å²) in [7, 11) is 0. The van der Waals surface area contributed by atoms with Gasteiger partial charge in [0.05, 0.1) is 23.8 Å². The van der Waals surface area contributed by atoms with Crippen molar-refractivity contribution in [3.05, 3.63) is 45.7 Å². The number of aromatic nitrogens is 1. The Labute approximate surface area is 181 Å². The first-order chi connectivity index (χ1) is 12.5. The van der Waals surface area contributed by atoms with Crippen LogP contribution in [0.25, 0.3) is 0 Å². The van der Waals surface area contributed by atoms with Gasteiger partial charge in [-0.25, -0.2) is 14.4 Å². The number of hydrogen-bond donors (Lipinski definition) is 2. The van der Waals surface area contributed by atoms with Gasteiger partial charge in [0.1, 0.15) is 6.10 Å². The lowest BCUT2D eigenvalue weighted by atomic mass is 10.2. The monoisotopic (exact) mass is 506 g/mol. The van der Waals surface area contributed by atoms with Crippen LogP contribution >= 0.6 is 35.3 Å². The summed E-state index contributed by atoms with van der Waals surface area (Å²) in [5, 5.41) is 7.56. The zero-order valence-electron chi connectivity index (χ0n) is 16.2. The number of para-hydroxylation sites is 1. The molecule has 5 nitrogen and oxygen atoms in total. The number of halogens is 2. The van der Waals surface area contributed by atoms with Gasteiger partial charge in [0.2, 0.25) is 0 Å². The van der Waals surface area contributed by atoms with Crippen molar-refractivity contribution < 1.29 is 9.13 Å². The Morgan fingerprint density at radius 2 is 2.00 bits per heavy atom. The van der Waals surface area contributed by atoms with Crippen LogP contribution < -0.4 is 15.4 Å². The molecule has 0 spiro atoms. The highest BCUT2D eigenvalue weighted by Gasteiger charge is 2.12. The van der Waals surface area contributed by atoms with Gasteiger partial charge in [0, 0.05) is 11.4 Å². The van der Waals surface area contributed by atoms with Crippen molar-refractivity contribution in [3.63, 3.8) is 0 Å². The number of nitrogens with zero attached hydrogens (tertiary/aromatic N) is 2. The lowest BCUT2D eigenvalue weighted by molar-refractivity contribution is 0.191. The summed E-state index contributed by atoms with van der Waals surface area (Å²) in [6.45, 7) is 9.92. The number of guanidine groups is 1. The number of aryl methyl sites for hydroxylation is 2. The Bertz CT molecular complexity index is 738. The summed E-state index contributed by atoms with van der Waals surface area (Å²) in [6.07, 6.45) is 0.608. The molecule has 1 aromatic heterocycles. The maximum absolute atomic E-state index is 13.8. The van der Waals surface area contributed by atoms with Crippen LogP contribution in [0.15, 0.2) is 29.3 Å². The molecule has 0 aliphatic rings.